The van der Waals surface area contributed by atoms with Gasteiger partial charge in [-0.1, -0.05) is 12.1 Å². The number of phenols is 1. The Labute approximate surface area is 214 Å². The minimum atomic E-state index is -4.98. The van der Waals surface area contributed by atoms with Gasteiger partial charge in [-0.25, -0.2) is 9.59 Å². The summed E-state index contributed by atoms with van der Waals surface area (Å²) in [6.45, 7) is 4.17. The van der Waals surface area contributed by atoms with E-state index >= 15 is 0 Å². The number of phenolic OH excluding ortho intramolecular Hbond substituents is 1. The molecule has 4 N–H and O–H groups in total. The van der Waals surface area contributed by atoms with E-state index in [4.69, 9.17) is 4.74 Å². The third-order valence-electron chi connectivity index (χ3n) is 4.47. The molecule has 10 nitrogen and oxygen atoms in total. The van der Waals surface area contributed by atoms with E-state index in [1.807, 2.05) is 0 Å². The van der Waals surface area contributed by atoms with Crippen LogP contribution in [0, 0.1) is 0 Å². The number of carbonyl (C=O) groups is 4. The molecule has 0 radical (unpaired) electrons. The zero-order valence-electron chi connectivity index (χ0n) is 20.3. The number of benzene rings is 1. The highest BCUT2D eigenvalue weighted by molar-refractivity contribution is 7.16. The van der Waals surface area contributed by atoms with Crippen molar-refractivity contribution in [3.8, 4) is 5.75 Å². The standard InChI is InChI=1S/C23H26F3N3O7S/c1-22(2,3)36-21(34)28-11-15(20(33)35-4)29-19(32)17-14(23(24,25)26)9-16(37-17)18(31)27-10-12-6-5-7-13(30)8-12/h5-9,15,30H,10-11H2,1-4H3,(H,27,31)(H,28,34)(H,29,32)/t15-/m0/s1. The zero-order valence-corrected chi connectivity index (χ0v) is 21.1. The van der Waals surface area contributed by atoms with E-state index in [9.17, 15) is 37.5 Å². The van der Waals surface area contributed by atoms with Crippen molar-refractivity contribution in [2.45, 2.75) is 45.1 Å². The van der Waals surface area contributed by atoms with Crippen molar-refractivity contribution in [1.29, 1.82) is 0 Å². The summed E-state index contributed by atoms with van der Waals surface area (Å²) in [5.74, 6) is -3.26. The van der Waals surface area contributed by atoms with Crippen LogP contribution in [0.5, 0.6) is 5.75 Å². The lowest BCUT2D eigenvalue weighted by Gasteiger charge is -2.21. The summed E-state index contributed by atoms with van der Waals surface area (Å²) >= 11 is 0.277. The number of carbonyl (C=O) groups excluding carboxylic acids is 4. The molecule has 1 heterocycles. The fourth-order valence-electron chi connectivity index (χ4n) is 2.88. The molecule has 1 atom stereocenters. The zero-order chi connectivity index (χ0) is 28.0. The summed E-state index contributed by atoms with van der Waals surface area (Å²) in [4.78, 5) is 47.9. The molecule has 0 aliphatic rings. The monoisotopic (exact) mass is 545 g/mol. The van der Waals surface area contributed by atoms with Gasteiger partial charge in [-0.3, -0.25) is 9.59 Å². The number of alkyl halides is 3. The maximum atomic E-state index is 13.7. The Balaban J connectivity index is 2.20. The number of nitrogens with one attached hydrogen (secondary N) is 3. The molecule has 0 bridgehead atoms. The van der Waals surface area contributed by atoms with Gasteiger partial charge in [0.1, 0.15) is 22.3 Å². The Hall–Kier alpha value is -3.81. The molecule has 0 saturated carbocycles. The van der Waals surface area contributed by atoms with E-state index in [1.54, 1.807) is 26.8 Å². The highest BCUT2D eigenvalue weighted by Gasteiger charge is 2.39. The number of amides is 3. The molecular formula is C23H26F3N3O7S. The third-order valence-corrected chi connectivity index (χ3v) is 5.60. The summed E-state index contributed by atoms with van der Waals surface area (Å²) in [6.07, 6.45) is -5.91. The van der Waals surface area contributed by atoms with Gasteiger partial charge < -0.3 is 30.5 Å². The average molecular weight is 546 g/mol. The van der Waals surface area contributed by atoms with Gasteiger partial charge in [-0.05, 0) is 44.5 Å². The maximum absolute atomic E-state index is 13.7. The van der Waals surface area contributed by atoms with Crippen LogP contribution in [0.1, 0.15) is 51.2 Å². The lowest BCUT2D eigenvalue weighted by molar-refractivity contribution is -0.142. The molecule has 202 valence electrons. The van der Waals surface area contributed by atoms with Crippen LogP contribution in [-0.2, 0) is 27.0 Å². The van der Waals surface area contributed by atoms with E-state index in [1.165, 1.54) is 18.2 Å². The molecule has 37 heavy (non-hydrogen) atoms. The predicted octanol–water partition coefficient (Wildman–Crippen LogP) is 3.20. The van der Waals surface area contributed by atoms with Crippen molar-refractivity contribution in [3.63, 3.8) is 0 Å². The third kappa shape index (κ3) is 8.97. The number of thiophene rings is 1. The smallest absolute Gasteiger partial charge is 0.418 e. The highest BCUT2D eigenvalue weighted by Crippen LogP contribution is 2.37. The Morgan fingerprint density at radius 2 is 1.73 bits per heavy atom. The SMILES string of the molecule is COC(=O)[C@H](CNC(=O)OC(C)(C)C)NC(=O)c1sc(C(=O)NCc2cccc(O)c2)cc1C(F)(F)F. The van der Waals surface area contributed by atoms with Crippen LogP contribution >= 0.6 is 11.3 Å². The Morgan fingerprint density at radius 1 is 1.05 bits per heavy atom. The topological polar surface area (TPSA) is 143 Å². The van der Waals surface area contributed by atoms with Crippen molar-refractivity contribution < 1.29 is 46.9 Å². The number of alkyl carbamates (subject to hydrolysis) is 1. The van der Waals surface area contributed by atoms with E-state index < -0.39 is 63.6 Å². The molecule has 0 unspecified atom stereocenters. The van der Waals surface area contributed by atoms with Crippen LogP contribution in [0.3, 0.4) is 0 Å². The maximum Gasteiger partial charge on any atom is 0.418 e. The molecule has 0 fully saturated rings. The first-order chi connectivity index (χ1) is 17.1. The first kappa shape index (κ1) is 29.4. The molecule has 2 aromatic rings. The lowest BCUT2D eigenvalue weighted by atomic mass is 10.2. The van der Waals surface area contributed by atoms with Gasteiger partial charge in [0.05, 0.1) is 24.1 Å². The molecule has 2 rings (SSSR count). The Bertz CT molecular complexity index is 1160. The number of halogens is 3. The van der Waals surface area contributed by atoms with Crippen molar-refractivity contribution in [3.05, 3.63) is 51.2 Å². The van der Waals surface area contributed by atoms with Crippen LogP contribution in [0.4, 0.5) is 18.0 Å². The van der Waals surface area contributed by atoms with Crippen molar-refractivity contribution in [2.75, 3.05) is 13.7 Å². The number of esters is 1. The van der Waals surface area contributed by atoms with E-state index in [-0.39, 0.29) is 23.6 Å². The second-order valence-electron chi connectivity index (χ2n) is 8.64. The minimum Gasteiger partial charge on any atom is -0.508 e. The van der Waals surface area contributed by atoms with E-state index in [2.05, 4.69) is 20.7 Å². The molecule has 1 aromatic carbocycles. The molecule has 14 heteroatoms. The molecule has 0 aliphatic carbocycles. The molecule has 0 saturated heterocycles. The minimum absolute atomic E-state index is 0.0532. The number of hydrogen-bond acceptors (Lipinski definition) is 8. The summed E-state index contributed by atoms with van der Waals surface area (Å²) in [5.41, 5.74) is -1.73. The van der Waals surface area contributed by atoms with Crippen molar-refractivity contribution >= 4 is 35.2 Å². The second-order valence-corrected chi connectivity index (χ2v) is 9.69. The number of methoxy groups -OCH3 is 1. The van der Waals surface area contributed by atoms with Crippen LogP contribution in [-0.4, -0.2) is 54.3 Å². The van der Waals surface area contributed by atoms with Gasteiger partial charge in [0.25, 0.3) is 11.8 Å². The van der Waals surface area contributed by atoms with Gasteiger partial charge >= 0.3 is 18.2 Å². The van der Waals surface area contributed by atoms with Gasteiger partial charge in [0.15, 0.2) is 0 Å². The summed E-state index contributed by atoms with van der Waals surface area (Å²) in [7, 11) is 0.996. The first-order valence-electron chi connectivity index (χ1n) is 10.7. The fraction of sp³-hybridized carbons (Fsp3) is 0.391. The summed E-state index contributed by atoms with van der Waals surface area (Å²) in [5, 5.41) is 16.2. The molecule has 0 aliphatic heterocycles. The van der Waals surface area contributed by atoms with Crippen LogP contribution in [0.2, 0.25) is 0 Å². The molecule has 3 amide bonds. The summed E-state index contributed by atoms with van der Waals surface area (Å²) < 4.78 is 50.6. The number of ether oxygens (including phenoxy) is 2. The molecular weight excluding hydrogens is 519 g/mol. The van der Waals surface area contributed by atoms with Gasteiger partial charge in [-0.2, -0.15) is 13.2 Å². The molecule has 0 spiro atoms. The fourth-order valence-corrected chi connectivity index (χ4v) is 3.87. The quantitative estimate of drug-likeness (QED) is 0.373. The van der Waals surface area contributed by atoms with Crippen LogP contribution < -0.4 is 16.0 Å². The van der Waals surface area contributed by atoms with Crippen molar-refractivity contribution in [2.24, 2.45) is 0 Å². The van der Waals surface area contributed by atoms with Crippen LogP contribution in [0.15, 0.2) is 30.3 Å². The normalized spacial score (nSPS) is 12.3. The van der Waals surface area contributed by atoms with Crippen LogP contribution in [0.25, 0.3) is 0 Å². The second kappa shape index (κ2) is 12.0. The molecule has 1 aromatic heterocycles. The average Bonchev–Trinajstić information content (AvgIpc) is 3.25. The predicted molar refractivity (Wildman–Crippen MR) is 126 cm³/mol. The Morgan fingerprint density at radius 3 is 2.30 bits per heavy atom. The number of aromatic hydroxyl groups is 1. The summed E-state index contributed by atoms with van der Waals surface area (Å²) in [6, 6.07) is 4.89. The largest absolute Gasteiger partial charge is 0.508 e. The Kier molecular flexibility index (Phi) is 9.50. The van der Waals surface area contributed by atoms with Gasteiger partial charge in [0.2, 0.25) is 0 Å². The highest BCUT2D eigenvalue weighted by atomic mass is 32.1. The number of hydrogen-bond donors (Lipinski definition) is 4. The van der Waals surface area contributed by atoms with Gasteiger partial charge in [-0.15, -0.1) is 11.3 Å². The number of rotatable bonds is 8. The lowest BCUT2D eigenvalue weighted by Crippen LogP contribution is -2.49. The first-order valence-corrected chi connectivity index (χ1v) is 11.5. The van der Waals surface area contributed by atoms with Gasteiger partial charge in [0, 0.05) is 6.54 Å². The van der Waals surface area contributed by atoms with E-state index in [0.717, 1.165) is 7.11 Å². The van der Waals surface area contributed by atoms with Crippen molar-refractivity contribution in [1.82, 2.24) is 16.0 Å². The van der Waals surface area contributed by atoms with E-state index in [0.29, 0.717) is 11.6 Å².